The summed E-state index contributed by atoms with van der Waals surface area (Å²) in [4.78, 5) is 23.9. The van der Waals surface area contributed by atoms with Gasteiger partial charge in [0, 0.05) is 0 Å². The van der Waals surface area contributed by atoms with E-state index in [0.717, 1.165) is 0 Å². The van der Waals surface area contributed by atoms with E-state index >= 15 is 0 Å². The van der Waals surface area contributed by atoms with Gasteiger partial charge in [0.05, 0.1) is 18.2 Å². The fraction of sp³-hybridized carbons (Fsp3) is 0.625. The second-order valence-electron chi connectivity index (χ2n) is 7.48. The van der Waals surface area contributed by atoms with Crippen LogP contribution < -0.4 is 10.5 Å². The standard InChI is InChI=1S/C16H24N6O7S2/c1-7(2)3-9(30)15(25)21-31(26,27)28-4-8-11(23)12(24)16(29-8)22-6-20-10-13(17)18-5-19-14(10)22/h5-9,11-12,16,23-24,30H,3-4H2,1-2H3,(H,21,25)(H2,17,18,19)/t8-,9+,11-,12-,16-/m1/s1. The molecule has 2 aromatic heterocycles. The van der Waals surface area contributed by atoms with Crippen LogP contribution in [0.2, 0.25) is 0 Å². The second-order valence-corrected chi connectivity index (χ2v) is 9.45. The first-order chi connectivity index (χ1) is 14.5. The number of aliphatic hydroxyl groups is 2. The van der Waals surface area contributed by atoms with Gasteiger partial charge in [0.2, 0.25) is 5.91 Å². The van der Waals surface area contributed by atoms with Gasteiger partial charge in [-0.25, -0.2) is 19.7 Å². The molecule has 172 valence electrons. The molecule has 0 bridgehead atoms. The number of ether oxygens (including phenoxy) is 1. The van der Waals surface area contributed by atoms with Crippen molar-refractivity contribution in [3.63, 3.8) is 0 Å². The van der Waals surface area contributed by atoms with Crippen molar-refractivity contribution in [1.29, 1.82) is 0 Å². The molecule has 3 heterocycles. The van der Waals surface area contributed by atoms with Crippen LogP contribution in [0.3, 0.4) is 0 Å². The van der Waals surface area contributed by atoms with Crippen LogP contribution in [-0.4, -0.2) is 74.2 Å². The molecule has 1 fully saturated rings. The summed E-state index contributed by atoms with van der Waals surface area (Å²) >= 11 is 4.08. The molecule has 0 aromatic carbocycles. The molecule has 2 aromatic rings. The Bertz CT molecular complexity index is 1050. The number of thiol groups is 1. The first-order valence-corrected chi connectivity index (χ1v) is 11.3. The zero-order valence-corrected chi connectivity index (χ0v) is 18.4. The van der Waals surface area contributed by atoms with Gasteiger partial charge in [0.1, 0.15) is 30.2 Å². The van der Waals surface area contributed by atoms with Gasteiger partial charge in [0.15, 0.2) is 17.7 Å². The highest BCUT2D eigenvalue weighted by Crippen LogP contribution is 2.32. The summed E-state index contributed by atoms with van der Waals surface area (Å²) < 4.78 is 37.6. The van der Waals surface area contributed by atoms with Gasteiger partial charge in [0.25, 0.3) is 0 Å². The van der Waals surface area contributed by atoms with Crippen molar-refractivity contribution < 1.29 is 32.3 Å². The van der Waals surface area contributed by atoms with E-state index in [9.17, 15) is 23.4 Å². The van der Waals surface area contributed by atoms with Crippen LogP contribution in [0.4, 0.5) is 5.82 Å². The second kappa shape index (κ2) is 9.22. The molecular weight excluding hydrogens is 452 g/mol. The van der Waals surface area contributed by atoms with Gasteiger partial charge in [-0.2, -0.15) is 21.0 Å². The molecule has 1 aliphatic heterocycles. The van der Waals surface area contributed by atoms with E-state index in [1.807, 2.05) is 13.8 Å². The number of anilines is 1. The Hall–Kier alpha value is -2.04. The number of fused-ring (bicyclic) bond motifs is 1. The third kappa shape index (κ3) is 5.24. The predicted octanol–water partition coefficient (Wildman–Crippen LogP) is -1.25. The molecule has 31 heavy (non-hydrogen) atoms. The van der Waals surface area contributed by atoms with E-state index in [4.69, 9.17) is 14.7 Å². The Balaban J connectivity index is 1.65. The molecule has 1 aliphatic rings. The highest BCUT2D eigenvalue weighted by Gasteiger charge is 2.45. The average molecular weight is 477 g/mol. The predicted molar refractivity (Wildman–Crippen MR) is 111 cm³/mol. The Morgan fingerprint density at radius 1 is 1.35 bits per heavy atom. The van der Waals surface area contributed by atoms with Crippen molar-refractivity contribution >= 4 is 45.8 Å². The summed E-state index contributed by atoms with van der Waals surface area (Å²) in [7, 11) is -4.48. The zero-order chi connectivity index (χ0) is 22.9. The zero-order valence-electron chi connectivity index (χ0n) is 16.7. The number of nitrogens with two attached hydrogens (primary N) is 1. The lowest BCUT2D eigenvalue weighted by atomic mass is 10.1. The van der Waals surface area contributed by atoms with Crippen molar-refractivity contribution in [1.82, 2.24) is 24.2 Å². The average Bonchev–Trinajstić information content (AvgIpc) is 3.22. The van der Waals surface area contributed by atoms with Crippen LogP contribution in [0.5, 0.6) is 0 Å². The molecule has 0 unspecified atom stereocenters. The Labute approximate surface area is 183 Å². The highest BCUT2D eigenvalue weighted by atomic mass is 32.2. The number of hydrogen-bond donors (Lipinski definition) is 5. The van der Waals surface area contributed by atoms with Crippen LogP contribution >= 0.6 is 12.6 Å². The maximum absolute atomic E-state index is 12.1. The van der Waals surface area contributed by atoms with E-state index in [1.54, 1.807) is 4.72 Å². The first-order valence-electron chi connectivity index (χ1n) is 9.34. The molecule has 0 spiro atoms. The van der Waals surface area contributed by atoms with Gasteiger partial charge in [-0.15, -0.1) is 0 Å². The molecule has 15 heteroatoms. The number of aliphatic hydroxyl groups excluding tert-OH is 2. The quantitative estimate of drug-likeness (QED) is 0.286. The molecule has 5 atom stereocenters. The molecular formula is C16H24N6O7S2. The van der Waals surface area contributed by atoms with Crippen molar-refractivity contribution in [3.8, 4) is 0 Å². The van der Waals surface area contributed by atoms with Gasteiger partial charge in [-0.1, -0.05) is 13.8 Å². The topological polar surface area (TPSA) is 192 Å². The van der Waals surface area contributed by atoms with Crippen LogP contribution in [0.1, 0.15) is 26.5 Å². The summed E-state index contributed by atoms with van der Waals surface area (Å²) in [6, 6.07) is 0. The van der Waals surface area contributed by atoms with E-state index in [-0.39, 0.29) is 22.9 Å². The van der Waals surface area contributed by atoms with Gasteiger partial charge in [-0.3, -0.25) is 13.5 Å². The minimum Gasteiger partial charge on any atom is -0.387 e. The number of rotatable bonds is 8. The lowest BCUT2D eigenvalue weighted by Gasteiger charge is -2.17. The number of aromatic nitrogens is 4. The van der Waals surface area contributed by atoms with Gasteiger partial charge < -0.3 is 20.7 Å². The number of nitrogens with one attached hydrogen (secondary N) is 1. The third-order valence-corrected chi connectivity index (χ3v) is 5.95. The minimum atomic E-state index is -4.48. The lowest BCUT2D eigenvalue weighted by Crippen LogP contribution is -2.40. The van der Waals surface area contributed by atoms with Crippen LogP contribution in [0.25, 0.3) is 11.2 Å². The van der Waals surface area contributed by atoms with Crippen molar-refractivity contribution in [2.45, 2.75) is 50.1 Å². The number of imidazole rings is 1. The number of nitrogen functional groups attached to an aromatic ring is 1. The maximum Gasteiger partial charge on any atom is 0.362 e. The molecule has 13 nitrogen and oxygen atoms in total. The fourth-order valence-electron chi connectivity index (χ4n) is 3.08. The summed E-state index contributed by atoms with van der Waals surface area (Å²) in [6.07, 6.45) is -2.39. The normalized spacial score (nSPS) is 25.2. The smallest absolute Gasteiger partial charge is 0.362 e. The van der Waals surface area contributed by atoms with E-state index in [1.165, 1.54) is 17.2 Å². The molecule has 0 saturated carbocycles. The number of amides is 1. The van der Waals surface area contributed by atoms with Crippen LogP contribution in [0, 0.1) is 5.92 Å². The summed E-state index contributed by atoms with van der Waals surface area (Å²) in [5.41, 5.74) is 6.27. The van der Waals surface area contributed by atoms with E-state index < -0.39 is 52.6 Å². The van der Waals surface area contributed by atoms with Gasteiger partial charge >= 0.3 is 10.3 Å². The van der Waals surface area contributed by atoms with Crippen molar-refractivity contribution in [3.05, 3.63) is 12.7 Å². The monoisotopic (exact) mass is 476 g/mol. The number of carbonyl (C=O) groups is 1. The molecule has 1 amide bonds. The van der Waals surface area contributed by atoms with Gasteiger partial charge in [-0.05, 0) is 12.3 Å². The highest BCUT2D eigenvalue weighted by molar-refractivity contribution is 7.85. The van der Waals surface area contributed by atoms with E-state index in [0.29, 0.717) is 6.42 Å². The minimum absolute atomic E-state index is 0.124. The summed E-state index contributed by atoms with van der Waals surface area (Å²) in [6.45, 7) is 3.08. The molecule has 1 saturated heterocycles. The van der Waals surface area contributed by atoms with Crippen molar-refractivity contribution in [2.24, 2.45) is 5.92 Å². The molecule has 5 N–H and O–H groups in total. The molecule has 0 aliphatic carbocycles. The summed E-state index contributed by atoms with van der Waals surface area (Å²) in [5.74, 6) is -0.569. The summed E-state index contributed by atoms with van der Waals surface area (Å²) in [5, 5.41) is 19.8. The number of carbonyl (C=O) groups excluding carboxylic acids is 1. The number of nitrogens with zero attached hydrogens (tertiary/aromatic N) is 4. The Kier molecular flexibility index (Phi) is 7.02. The lowest BCUT2D eigenvalue weighted by molar-refractivity contribution is -0.119. The molecule has 3 rings (SSSR count). The Morgan fingerprint density at radius 3 is 2.74 bits per heavy atom. The van der Waals surface area contributed by atoms with Crippen LogP contribution in [-0.2, 0) is 24.0 Å². The Morgan fingerprint density at radius 2 is 2.06 bits per heavy atom. The largest absolute Gasteiger partial charge is 0.387 e. The number of hydrogen-bond acceptors (Lipinski definition) is 12. The third-order valence-electron chi connectivity index (χ3n) is 4.61. The van der Waals surface area contributed by atoms with Crippen LogP contribution in [0.15, 0.2) is 12.7 Å². The SMILES string of the molecule is CC(C)C[C@H](S)C(=O)NS(=O)(=O)OC[C@H]1O[C@@H](n2cnc3c(N)ncnc32)[C@H](O)[C@@H]1O. The molecule has 0 radical (unpaired) electrons. The first kappa shape index (κ1) is 23.6. The maximum atomic E-state index is 12.1. The van der Waals surface area contributed by atoms with Crippen molar-refractivity contribution in [2.75, 3.05) is 12.3 Å². The fourth-order valence-corrected chi connectivity index (χ4v) is 4.42. The van der Waals surface area contributed by atoms with E-state index in [2.05, 4.69) is 27.6 Å².